The van der Waals surface area contributed by atoms with Crippen LogP contribution in [0.4, 0.5) is 0 Å². The van der Waals surface area contributed by atoms with E-state index in [2.05, 4.69) is 5.32 Å². The Labute approximate surface area is 218 Å². The van der Waals surface area contributed by atoms with Crippen LogP contribution < -0.4 is 5.32 Å². The molecule has 192 valence electrons. The Bertz CT molecular complexity index is 1110. The number of nitrogens with zero attached hydrogens (tertiary/aromatic N) is 2. The topological polar surface area (TPSA) is 86.8 Å². The van der Waals surface area contributed by atoms with Gasteiger partial charge in [0.1, 0.15) is 6.04 Å². The van der Waals surface area contributed by atoms with E-state index < -0.39 is 21.6 Å². The van der Waals surface area contributed by atoms with Crippen LogP contribution in [-0.2, 0) is 26.2 Å². The van der Waals surface area contributed by atoms with Crippen molar-refractivity contribution in [3.05, 3.63) is 64.1 Å². The third kappa shape index (κ3) is 8.20. The summed E-state index contributed by atoms with van der Waals surface area (Å²) in [6.07, 6.45) is 0.325. The van der Waals surface area contributed by atoms with Crippen LogP contribution >= 0.6 is 23.2 Å². The maximum Gasteiger partial charge on any atom is 0.242 e. The molecule has 1 atom stereocenters. The van der Waals surface area contributed by atoms with Gasteiger partial charge in [0.15, 0.2) is 0 Å². The number of hydrogen-bond acceptors (Lipinski definition) is 4. The molecule has 0 saturated heterocycles. The molecular formula is C25H33Cl2N3O4S. The van der Waals surface area contributed by atoms with E-state index in [-0.39, 0.29) is 42.6 Å². The summed E-state index contributed by atoms with van der Waals surface area (Å²) >= 11 is 12.7. The molecule has 0 bridgehead atoms. The monoisotopic (exact) mass is 541 g/mol. The number of halogens is 2. The summed E-state index contributed by atoms with van der Waals surface area (Å²) < 4.78 is 26.7. The predicted molar refractivity (Wildman–Crippen MR) is 140 cm³/mol. The SMILES string of the molecule is CC(C(=O)NC(C)(C)C)N(Cc1c(Cl)cccc1Cl)C(=O)CCCN(C)S(=O)(=O)c1ccccc1. The van der Waals surface area contributed by atoms with Crippen molar-refractivity contribution >= 4 is 45.0 Å². The van der Waals surface area contributed by atoms with Crippen molar-refractivity contribution < 1.29 is 18.0 Å². The molecule has 1 unspecified atom stereocenters. The molecule has 10 heteroatoms. The summed E-state index contributed by atoms with van der Waals surface area (Å²) in [5.74, 6) is -0.610. The molecule has 0 aliphatic carbocycles. The molecule has 2 rings (SSSR count). The first-order valence-corrected chi connectivity index (χ1v) is 13.5. The highest BCUT2D eigenvalue weighted by molar-refractivity contribution is 7.89. The lowest BCUT2D eigenvalue weighted by Gasteiger charge is -2.32. The second kappa shape index (κ2) is 12.2. The van der Waals surface area contributed by atoms with Crippen LogP contribution in [0.25, 0.3) is 0 Å². The van der Waals surface area contributed by atoms with Gasteiger partial charge in [0.25, 0.3) is 0 Å². The van der Waals surface area contributed by atoms with Gasteiger partial charge in [-0.1, -0.05) is 47.5 Å². The van der Waals surface area contributed by atoms with Gasteiger partial charge in [0, 0.05) is 47.7 Å². The fourth-order valence-electron chi connectivity index (χ4n) is 3.40. The Balaban J connectivity index is 2.16. The van der Waals surface area contributed by atoms with Gasteiger partial charge < -0.3 is 10.2 Å². The Kier molecular flexibility index (Phi) is 10.2. The van der Waals surface area contributed by atoms with E-state index in [1.807, 2.05) is 20.8 Å². The van der Waals surface area contributed by atoms with Gasteiger partial charge in [-0.2, -0.15) is 0 Å². The van der Waals surface area contributed by atoms with Gasteiger partial charge >= 0.3 is 0 Å². The first-order valence-electron chi connectivity index (χ1n) is 11.3. The summed E-state index contributed by atoms with van der Waals surface area (Å²) in [7, 11) is -2.18. The summed E-state index contributed by atoms with van der Waals surface area (Å²) in [6, 6.07) is 12.4. The number of hydrogen-bond donors (Lipinski definition) is 1. The van der Waals surface area contributed by atoms with Crippen LogP contribution in [0.15, 0.2) is 53.4 Å². The number of nitrogens with one attached hydrogen (secondary N) is 1. The molecule has 0 fully saturated rings. The van der Waals surface area contributed by atoms with Gasteiger partial charge in [-0.15, -0.1) is 0 Å². The third-order valence-corrected chi connectivity index (χ3v) is 7.95. The third-order valence-electron chi connectivity index (χ3n) is 5.37. The zero-order chi connectivity index (χ0) is 26.4. The summed E-state index contributed by atoms with van der Waals surface area (Å²) in [5, 5.41) is 3.69. The first kappa shape index (κ1) is 29.1. The van der Waals surface area contributed by atoms with Crippen LogP contribution in [0.2, 0.25) is 10.0 Å². The molecule has 0 spiro atoms. The molecule has 2 amide bonds. The van der Waals surface area contributed by atoms with E-state index in [0.29, 0.717) is 15.6 Å². The fourth-order valence-corrected chi connectivity index (χ4v) is 5.15. The van der Waals surface area contributed by atoms with Gasteiger partial charge in [-0.05, 0) is 58.4 Å². The van der Waals surface area contributed by atoms with Crippen LogP contribution in [-0.4, -0.2) is 54.6 Å². The zero-order valence-corrected chi connectivity index (χ0v) is 23.0. The van der Waals surface area contributed by atoms with Crippen LogP contribution in [0.5, 0.6) is 0 Å². The lowest BCUT2D eigenvalue weighted by atomic mass is 10.1. The van der Waals surface area contributed by atoms with Crippen molar-refractivity contribution in [3.8, 4) is 0 Å². The Hall–Kier alpha value is -2.13. The van der Waals surface area contributed by atoms with Gasteiger partial charge in [-0.25, -0.2) is 12.7 Å². The molecule has 0 saturated carbocycles. The fraction of sp³-hybridized carbons (Fsp3) is 0.440. The minimum Gasteiger partial charge on any atom is -0.350 e. The maximum absolute atomic E-state index is 13.3. The molecule has 0 aliphatic rings. The molecule has 0 heterocycles. The summed E-state index contributed by atoms with van der Waals surface area (Å²) in [5.41, 5.74) is 0.0692. The van der Waals surface area contributed by atoms with E-state index in [1.54, 1.807) is 43.3 Å². The second-order valence-corrected chi connectivity index (χ2v) is 12.2. The molecule has 2 aromatic carbocycles. The van der Waals surface area contributed by atoms with Crippen molar-refractivity contribution in [2.24, 2.45) is 0 Å². The second-order valence-electron chi connectivity index (χ2n) is 9.38. The number of rotatable bonds is 10. The molecule has 7 nitrogen and oxygen atoms in total. The highest BCUT2D eigenvalue weighted by Crippen LogP contribution is 2.27. The highest BCUT2D eigenvalue weighted by atomic mass is 35.5. The first-order chi connectivity index (χ1) is 16.2. The lowest BCUT2D eigenvalue weighted by molar-refractivity contribution is -0.141. The average Bonchev–Trinajstić information content (AvgIpc) is 2.77. The van der Waals surface area contributed by atoms with Crippen molar-refractivity contribution in [1.29, 1.82) is 0 Å². The van der Waals surface area contributed by atoms with Crippen LogP contribution in [0, 0.1) is 0 Å². The molecule has 0 radical (unpaired) electrons. The smallest absolute Gasteiger partial charge is 0.242 e. The van der Waals surface area contributed by atoms with Crippen molar-refractivity contribution in [3.63, 3.8) is 0 Å². The Morgan fingerprint density at radius 3 is 2.11 bits per heavy atom. The number of carbonyl (C=O) groups is 2. The lowest BCUT2D eigenvalue weighted by Crippen LogP contribution is -2.52. The van der Waals surface area contributed by atoms with E-state index in [4.69, 9.17) is 23.2 Å². The number of amides is 2. The summed E-state index contributed by atoms with van der Waals surface area (Å²) in [6.45, 7) is 7.42. The molecule has 35 heavy (non-hydrogen) atoms. The highest BCUT2D eigenvalue weighted by Gasteiger charge is 2.29. The average molecular weight is 543 g/mol. The van der Waals surface area contributed by atoms with E-state index in [9.17, 15) is 18.0 Å². The largest absolute Gasteiger partial charge is 0.350 e. The van der Waals surface area contributed by atoms with Crippen LogP contribution in [0.1, 0.15) is 46.1 Å². The molecule has 1 N–H and O–H groups in total. The Morgan fingerprint density at radius 2 is 1.57 bits per heavy atom. The Morgan fingerprint density at radius 1 is 1.00 bits per heavy atom. The van der Waals surface area contributed by atoms with Crippen molar-refractivity contribution in [2.45, 2.75) is 63.6 Å². The van der Waals surface area contributed by atoms with E-state index in [0.717, 1.165) is 0 Å². The van der Waals surface area contributed by atoms with E-state index >= 15 is 0 Å². The quantitative estimate of drug-likeness (QED) is 0.471. The minimum absolute atomic E-state index is 0.0455. The number of sulfonamides is 1. The molecular weight excluding hydrogens is 509 g/mol. The van der Waals surface area contributed by atoms with Crippen molar-refractivity contribution in [2.75, 3.05) is 13.6 Å². The normalized spacial score (nSPS) is 12.9. The molecule has 2 aromatic rings. The van der Waals surface area contributed by atoms with Gasteiger partial charge in [0.2, 0.25) is 21.8 Å². The maximum atomic E-state index is 13.3. The molecule has 0 aromatic heterocycles. The summed E-state index contributed by atoms with van der Waals surface area (Å²) in [4.78, 5) is 27.8. The van der Waals surface area contributed by atoms with Crippen LogP contribution in [0.3, 0.4) is 0 Å². The van der Waals surface area contributed by atoms with Crippen molar-refractivity contribution in [1.82, 2.24) is 14.5 Å². The minimum atomic E-state index is -3.66. The zero-order valence-electron chi connectivity index (χ0n) is 20.7. The number of carbonyl (C=O) groups excluding carboxylic acids is 2. The predicted octanol–water partition coefficient (Wildman–Crippen LogP) is 4.73. The standard InChI is InChI=1S/C25H33Cl2N3O4S/c1-18(24(32)28-25(2,3)4)30(17-20-21(26)13-9-14-22(20)27)23(31)15-10-16-29(5)35(33,34)19-11-7-6-8-12-19/h6-9,11-14,18H,10,15-17H2,1-5H3,(H,28,32). The van der Waals surface area contributed by atoms with Gasteiger partial charge in [0.05, 0.1) is 4.90 Å². The molecule has 0 aliphatic heterocycles. The number of benzene rings is 2. The van der Waals surface area contributed by atoms with E-state index in [1.165, 1.54) is 28.4 Å². The van der Waals surface area contributed by atoms with Gasteiger partial charge in [-0.3, -0.25) is 9.59 Å².